The van der Waals surface area contributed by atoms with Gasteiger partial charge in [0.15, 0.2) is 0 Å². The summed E-state index contributed by atoms with van der Waals surface area (Å²) >= 11 is 0. The van der Waals surface area contributed by atoms with E-state index >= 15 is 0 Å². The predicted octanol–water partition coefficient (Wildman–Crippen LogP) is -3.61. The van der Waals surface area contributed by atoms with Gasteiger partial charge >= 0.3 is 29.6 Å². The van der Waals surface area contributed by atoms with Crippen LogP contribution in [0.4, 0.5) is 0 Å². The van der Waals surface area contributed by atoms with Crippen LogP contribution in [-0.4, -0.2) is 0 Å². The van der Waals surface area contributed by atoms with Crippen molar-refractivity contribution in [3.63, 3.8) is 0 Å². The van der Waals surface area contributed by atoms with Gasteiger partial charge in [-0.1, -0.05) is 0 Å². The van der Waals surface area contributed by atoms with Crippen molar-refractivity contribution in [2.45, 2.75) is 0 Å². The van der Waals surface area contributed by atoms with E-state index in [1.807, 2.05) is 0 Å². The van der Waals surface area contributed by atoms with E-state index in [-0.39, 0.29) is 29.6 Å². The molecule has 6 heavy (non-hydrogen) atoms. The van der Waals surface area contributed by atoms with Gasteiger partial charge in [0.1, 0.15) is 0 Å². The number of hydrogen-bond donors (Lipinski definition) is 0. The molecule has 0 spiro atoms. The first-order chi connectivity index (χ1) is 2.41. The molecule has 0 aliphatic carbocycles. The number of hydrogen-bond acceptors (Lipinski definition) is 2. The van der Waals surface area contributed by atoms with Crippen molar-refractivity contribution >= 4 is 0 Å². The minimum atomic E-state index is 0. The predicted molar refractivity (Wildman–Crippen MR) is 14.8 cm³/mol. The molecule has 0 aromatic heterocycles. The molecule has 0 aromatic carbocycles. The molecule has 3 heteroatoms. The van der Waals surface area contributed by atoms with Crippen LogP contribution in [0, 0.1) is 11.3 Å². The quantitative estimate of drug-likeness (QED) is 0.175. The summed E-state index contributed by atoms with van der Waals surface area (Å²) in [7, 11) is 0. The molecule has 0 unspecified atom stereocenters. The van der Waals surface area contributed by atoms with Crippen LogP contribution in [0.2, 0.25) is 0 Å². The first-order valence-corrected chi connectivity index (χ1v) is 1.08. The van der Waals surface area contributed by atoms with E-state index in [0.717, 1.165) is 6.08 Å². The molecule has 0 amide bonds. The Bertz CT molecular complexity index is 73.4. The molecule has 0 rings (SSSR count). The van der Waals surface area contributed by atoms with Crippen molar-refractivity contribution in [3.8, 4) is 6.07 Å². The van der Waals surface area contributed by atoms with E-state index in [9.17, 15) is 0 Å². The van der Waals surface area contributed by atoms with Crippen LogP contribution in [0.1, 0.15) is 0 Å². The molecular weight excluding hydrogens is 89.0 g/mol. The summed E-state index contributed by atoms with van der Waals surface area (Å²) in [6, 6.07) is 1.52. The zero-order valence-corrected chi connectivity index (χ0v) is 5.51. The molecule has 0 aliphatic rings. The standard InChI is InChI=1S/C3H3NO.Na/c4-2-1-3-5;/h1,3,5H;/q;+1/p-1/b3-1+;. The van der Waals surface area contributed by atoms with Crippen LogP contribution in [0.15, 0.2) is 12.3 Å². The zero-order chi connectivity index (χ0) is 4.12. The van der Waals surface area contributed by atoms with Crippen LogP contribution in [-0.2, 0) is 0 Å². The Kier molecular flexibility index (Phi) is 13.9. The van der Waals surface area contributed by atoms with Crippen molar-refractivity contribution in [2.24, 2.45) is 0 Å². The Labute approximate surface area is 58.4 Å². The minimum absolute atomic E-state index is 0. The van der Waals surface area contributed by atoms with Crippen LogP contribution >= 0.6 is 0 Å². The van der Waals surface area contributed by atoms with Gasteiger partial charge in [0, 0.05) is 6.08 Å². The van der Waals surface area contributed by atoms with Gasteiger partial charge in [0.05, 0.1) is 6.07 Å². The van der Waals surface area contributed by atoms with Crippen molar-refractivity contribution in [1.82, 2.24) is 0 Å². The van der Waals surface area contributed by atoms with E-state index in [1.54, 1.807) is 0 Å². The molecule has 0 saturated heterocycles. The van der Waals surface area contributed by atoms with Crippen LogP contribution in [0.25, 0.3) is 0 Å². The molecule has 0 saturated carbocycles. The molecule has 26 valence electrons. The first kappa shape index (κ1) is 9.39. The summed E-state index contributed by atoms with van der Waals surface area (Å²) in [5, 5.41) is 16.7. The number of nitriles is 1. The molecule has 0 fully saturated rings. The van der Waals surface area contributed by atoms with Gasteiger partial charge in [0.2, 0.25) is 0 Å². The third-order valence-corrected chi connectivity index (χ3v) is 0.143. The van der Waals surface area contributed by atoms with Crippen LogP contribution in [0.5, 0.6) is 0 Å². The summed E-state index contributed by atoms with van der Waals surface area (Å²) in [5.74, 6) is 0. The number of allylic oxidation sites excluding steroid dienone is 1. The molecule has 0 aromatic rings. The SMILES string of the molecule is N#C/C=C/[O-].[Na+]. The van der Waals surface area contributed by atoms with Gasteiger partial charge in [-0.3, -0.25) is 0 Å². The summed E-state index contributed by atoms with van der Waals surface area (Å²) in [5.41, 5.74) is 0. The number of nitrogens with zero attached hydrogens (tertiary/aromatic N) is 1. The van der Waals surface area contributed by atoms with Gasteiger partial charge < -0.3 is 5.11 Å². The smallest absolute Gasteiger partial charge is 0.877 e. The van der Waals surface area contributed by atoms with E-state index in [1.165, 1.54) is 6.07 Å². The number of rotatable bonds is 0. The summed E-state index contributed by atoms with van der Waals surface area (Å²) < 4.78 is 0. The Morgan fingerprint density at radius 3 is 2.17 bits per heavy atom. The van der Waals surface area contributed by atoms with Crippen LogP contribution < -0.4 is 34.7 Å². The second-order valence-electron chi connectivity index (χ2n) is 0.432. The monoisotopic (exact) mass is 91.0 g/mol. The minimum Gasteiger partial charge on any atom is -0.877 e. The summed E-state index contributed by atoms with van der Waals surface area (Å²) in [4.78, 5) is 0. The summed E-state index contributed by atoms with van der Waals surface area (Å²) in [6.45, 7) is 0. The summed E-state index contributed by atoms with van der Waals surface area (Å²) in [6.07, 6.45) is 1.32. The maximum absolute atomic E-state index is 9.13. The van der Waals surface area contributed by atoms with Gasteiger partial charge in [-0.15, -0.1) is 6.26 Å². The maximum Gasteiger partial charge on any atom is 1.00 e. The van der Waals surface area contributed by atoms with Crippen molar-refractivity contribution in [3.05, 3.63) is 12.3 Å². The average molecular weight is 91.0 g/mol. The fourth-order valence-corrected chi connectivity index (χ4v) is 0.0304. The van der Waals surface area contributed by atoms with Crippen molar-refractivity contribution in [2.75, 3.05) is 0 Å². The third-order valence-electron chi connectivity index (χ3n) is 0.143. The molecule has 0 radical (unpaired) electrons. The van der Waals surface area contributed by atoms with E-state index in [2.05, 4.69) is 0 Å². The topological polar surface area (TPSA) is 46.8 Å². The molecular formula is C3H2NNaO. The normalized spacial score (nSPS) is 6.50. The Morgan fingerprint density at radius 2 is 2.17 bits per heavy atom. The zero-order valence-electron chi connectivity index (χ0n) is 3.51. The Morgan fingerprint density at radius 1 is 1.67 bits per heavy atom. The first-order valence-electron chi connectivity index (χ1n) is 1.08. The fourth-order valence-electron chi connectivity index (χ4n) is 0.0304. The van der Waals surface area contributed by atoms with E-state index < -0.39 is 0 Å². The molecule has 0 atom stereocenters. The van der Waals surface area contributed by atoms with Gasteiger partial charge in [-0.25, -0.2) is 0 Å². The van der Waals surface area contributed by atoms with Gasteiger partial charge in [0.25, 0.3) is 0 Å². The molecule has 2 nitrogen and oxygen atoms in total. The maximum atomic E-state index is 9.13. The largest absolute Gasteiger partial charge is 1.00 e. The molecule has 0 aliphatic heterocycles. The average Bonchev–Trinajstić information content (AvgIpc) is 1.41. The van der Waals surface area contributed by atoms with Crippen molar-refractivity contribution < 1.29 is 34.7 Å². The second kappa shape index (κ2) is 8.90. The second-order valence-corrected chi connectivity index (χ2v) is 0.432. The molecule has 0 heterocycles. The van der Waals surface area contributed by atoms with Crippen molar-refractivity contribution in [1.29, 1.82) is 5.26 Å². The van der Waals surface area contributed by atoms with E-state index in [0.29, 0.717) is 6.26 Å². The van der Waals surface area contributed by atoms with Crippen LogP contribution in [0.3, 0.4) is 0 Å². The van der Waals surface area contributed by atoms with Gasteiger partial charge in [-0.05, 0) is 0 Å². The molecule has 0 N–H and O–H groups in total. The third kappa shape index (κ3) is 8.98. The fraction of sp³-hybridized carbons (Fsp3) is 0. The Hall–Kier alpha value is 0.0300. The Balaban J connectivity index is 0. The molecule has 0 bridgehead atoms. The van der Waals surface area contributed by atoms with Gasteiger partial charge in [-0.2, -0.15) is 5.26 Å². The van der Waals surface area contributed by atoms with E-state index in [4.69, 9.17) is 10.4 Å².